The van der Waals surface area contributed by atoms with Gasteiger partial charge in [0.25, 0.3) is 0 Å². The van der Waals surface area contributed by atoms with Gasteiger partial charge in [0.05, 0.1) is 12.7 Å². The molecular weight excluding hydrogens is 290 g/mol. The van der Waals surface area contributed by atoms with Crippen LogP contribution in [0.2, 0.25) is 0 Å². The fraction of sp³-hybridized carbons (Fsp3) is 0.636. The molecule has 3 N–H and O–H groups in total. The highest BCUT2D eigenvalue weighted by molar-refractivity contribution is 5.18. The number of nitrogens with zero attached hydrogens (tertiary/aromatic N) is 1. The topological polar surface area (TPSA) is 145 Å². The van der Waals surface area contributed by atoms with Crippen LogP contribution in [0.1, 0.15) is 13.4 Å². The molecule has 21 heavy (non-hydrogen) atoms. The average Bonchev–Trinajstić information content (AvgIpc) is 2.97. The summed E-state index contributed by atoms with van der Waals surface area (Å²) in [5.74, 6) is -0.877. The molecule has 0 aromatic carbocycles. The maximum absolute atomic E-state index is 10.6. The Kier molecular flexibility index (Phi) is 3.33. The minimum atomic E-state index is -2.23. The summed E-state index contributed by atoms with van der Waals surface area (Å²) in [6, 6.07) is 2.18. The summed E-state index contributed by atoms with van der Waals surface area (Å²) >= 11 is 0. The Morgan fingerprint density at radius 1 is 1.29 bits per heavy atom. The Morgan fingerprint density at radius 2 is 2.05 bits per heavy atom. The summed E-state index contributed by atoms with van der Waals surface area (Å²) in [6.07, 6.45) is -9.05. The summed E-state index contributed by atoms with van der Waals surface area (Å²) in [4.78, 5) is 9.83. The highest BCUT2D eigenvalue weighted by Crippen LogP contribution is 2.35. The molecule has 1 aromatic rings. The molecule has 116 valence electrons. The monoisotopic (exact) mass is 304 g/mol. The number of hydrogen-bond acceptors (Lipinski definition) is 9. The van der Waals surface area contributed by atoms with Crippen LogP contribution in [0.25, 0.3) is 0 Å². The van der Waals surface area contributed by atoms with Gasteiger partial charge in [-0.15, -0.1) is 0 Å². The van der Waals surface area contributed by atoms with E-state index in [9.17, 15) is 25.4 Å². The van der Waals surface area contributed by atoms with Crippen LogP contribution in [-0.4, -0.2) is 57.6 Å². The van der Waals surface area contributed by atoms with Crippen molar-refractivity contribution in [2.24, 2.45) is 0 Å². The van der Waals surface area contributed by atoms with Gasteiger partial charge >= 0.3 is 5.88 Å². The third-order valence-corrected chi connectivity index (χ3v) is 3.25. The van der Waals surface area contributed by atoms with Gasteiger partial charge in [-0.3, -0.25) is 10.1 Å². The van der Waals surface area contributed by atoms with Crippen LogP contribution >= 0.6 is 0 Å². The molecule has 2 fully saturated rings. The lowest BCUT2D eigenvalue weighted by Crippen LogP contribution is -2.61. The van der Waals surface area contributed by atoms with Crippen molar-refractivity contribution in [1.82, 2.24) is 0 Å². The van der Waals surface area contributed by atoms with Crippen LogP contribution in [0.15, 0.2) is 16.5 Å². The van der Waals surface area contributed by atoms with Crippen molar-refractivity contribution >= 4 is 5.88 Å². The lowest BCUT2D eigenvalue weighted by Gasteiger charge is -2.44. The molecule has 0 amide bonds. The van der Waals surface area contributed by atoms with Crippen molar-refractivity contribution in [1.29, 1.82) is 0 Å². The summed E-state index contributed by atoms with van der Waals surface area (Å²) in [6.45, 7) is -0.247. The van der Waals surface area contributed by atoms with Gasteiger partial charge in [0.15, 0.2) is 12.1 Å². The third kappa shape index (κ3) is 2.52. The summed E-state index contributed by atoms with van der Waals surface area (Å²) < 4.78 is 28.4. The Labute approximate surface area is 119 Å². The minimum absolute atomic E-state index is 0.247. The average molecular weight is 304 g/mol. The highest BCUT2D eigenvalue weighted by atomic mass is 16.7. The van der Waals surface area contributed by atoms with Gasteiger partial charge in [-0.1, -0.05) is 0 Å². The first-order valence-electron chi connectivity index (χ1n) is 6.58. The van der Waals surface area contributed by atoms with E-state index in [1.807, 2.05) is 0 Å². The maximum atomic E-state index is 10.6. The molecule has 0 aliphatic carbocycles. The molecule has 2 unspecified atom stereocenters. The smallest absolute Gasteiger partial charge is 0.400 e. The molecule has 0 saturated carbocycles. The number of aliphatic hydroxyl groups excluding tert-OH is 3. The number of hydrogen-bond donors (Lipinski definition) is 3. The molecule has 0 bridgehead atoms. The van der Waals surface area contributed by atoms with Gasteiger partial charge < -0.3 is 33.9 Å². The number of nitro groups is 1. The number of furan rings is 1. The molecule has 2 aliphatic heterocycles. The quantitative estimate of drug-likeness (QED) is 0.464. The third-order valence-electron chi connectivity index (χ3n) is 3.25. The largest absolute Gasteiger partial charge is 0.433 e. The van der Waals surface area contributed by atoms with E-state index in [1.165, 1.54) is 0 Å². The number of ether oxygens (including phenoxy) is 3. The molecule has 0 radical (unpaired) electrons. The Bertz CT molecular complexity index is 578. The molecule has 10 nitrogen and oxygen atoms in total. The van der Waals surface area contributed by atoms with Crippen molar-refractivity contribution < 1.29 is 40.2 Å². The van der Waals surface area contributed by atoms with Gasteiger partial charge in [0, 0.05) is 0 Å². The lowest BCUT2D eigenvalue weighted by molar-refractivity contribution is -0.404. The van der Waals surface area contributed by atoms with Crippen LogP contribution in [0.5, 0.6) is 0 Å². The van der Waals surface area contributed by atoms with Gasteiger partial charge in [-0.2, -0.15) is 0 Å². The molecular formula is C11H13NO9. The SMILES string of the molecule is [2H]C1(c2ccc([N+](=O)[O-])o2)OC[C@H]2OC(O)[C@H](O)[C@@H](O)[C@@H]2O1. The second-order valence-corrected chi connectivity index (χ2v) is 4.62. The second kappa shape index (κ2) is 5.33. The Hall–Kier alpha value is -1.56. The fourth-order valence-corrected chi connectivity index (χ4v) is 2.18. The van der Waals surface area contributed by atoms with Crippen molar-refractivity contribution in [3.63, 3.8) is 0 Å². The molecule has 2 aliphatic rings. The molecule has 3 rings (SSSR count). The van der Waals surface area contributed by atoms with Gasteiger partial charge in [0.1, 0.15) is 30.7 Å². The molecule has 6 atom stereocenters. The van der Waals surface area contributed by atoms with Crippen molar-refractivity contribution in [2.45, 2.75) is 37.0 Å². The zero-order chi connectivity index (χ0) is 16.1. The number of aliphatic hydroxyl groups is 3. The predicted octanol–water partition coefficient (Wildman–Crippen LogP) is -0.959. The normalized spacial score (nSPS) is 44.0. The standard InChI is InChI=1S/C11H13NO9/c13-7-8(14)10(15)20-5-3-18-11(21-9(5)7)4-1-2-6(19-4)12(16)17/h1-2,5,7-11,13-15H,3H2/t5-,7-,8-,9-,10?,11?/m1/s1/i11D. The first kappa shape index (κ1) is 13.1. The molecule has 0 spiro atoms. The number of rotatable bonds is 2. The zero-order valence-corrected chi connectivity index (χ0v) is 10.5. The Balaban J connectivity index is 1.83. The van der Waals surface area contributed by atoms with Gasteiger partial charge in [-0.25, -0.2) is 0 Å². The molecule has 1 aromatic heterocycles. The predicted molar refractivity (Wildman–Crippen MR) is 61.8 cm³/mol. The van der Waals surface area contributed by atoms with Crippen LogP contribution < -0.4 is 0 Å². The van der Waals surface area contributed by atoms with Crippen LogP contribution in [0.4, 0.5) is 5.88 Å². The Morgan fingerprint density at radius 3 is 2.71 bits per heavy atom. The molecule has 2 saturated heterocycles. The van der Waals surface area contributed by atoms with Crippen molar-refractivity contribution in [2.75, 3.05) is 6.61 Å². The molecule has 10 heteroatoms. The zero-order valence-electron chi connectivity index (χ0n) is 11.5. The van der Waals surface area contributed by atoms with Gasteiger partial charge in [0.2, 0.25) is 6.27 Å². The second-order valence-electron chi connectivity index (χ2n) is 4.62. The minimum Gasteiger partial charge on any atom is -0.400 e. The van der Waals surface area contributed by atoms with E-state index in [1.54, 1.807) is 0 Å². The van der Waals surface area contributed by atoms with Crippen LogP contribution in [-0.2, 0) is 14.2 Å². The molecule has 3 heterocycles. The van der Waals surface area contributed by atoms with Crippen molar-refractivity contribution in [3.8, 4) is 0 Å². The van der Waals surface area contributed by atoms with E-state index in [0.29, 0.717) is 0 Å². The first-order chi connectivity index (χ1) is 10.3. The van der Waals surface area contributed by atoms with Gasteiger partial charge in [-0.05, 0) is 6.07 Å². The van der Waals surface area contributed by atoms with E-state index in [-0.39, 0.29) is 12.4 Å². The summed E-state index contributed by atoms with van der Waals surface area (Å²) in [5.41, 5.74) is 0. The van der Waals surface area contributed by atoms with Crippen LogP contribution in [0, 0.1) is 10.1 Å². The van der Waals surface area contributed by atoms with Crippen LogP contribution in [0.3, 0.4) is 0 Å². The van der Waals surface area contributed by atoms with Crippen molar-refractivity contribution in [3.05, 3.63) is 28.0 Å². The van der Waals surface area contributed by atoms with E-state index < -0.39 is 47.8 Å². The first-order valence-corrected chi connectivity index (χ1v) is 6.08. The number of fused-ring (bicyclic) bond motifs is 1. The van der Waals surface area contributed by atoms with E-state index in [2.05, 4.69) is 0 Å². The lowest BCUT2D eigenvalue weighted by atomic mass is 9.98. The highest BCUT2D eigenvalue weighted by Gasteiger charge is 2.48. The summed E-state index contributed by atoms with van der Waals surface area (Å²) in [7, 11) is 0. The van der Waals surface area contributed by atoms with E-state index in [0.717, 1.165) is 12.1 Å². The van der Waals surface area contributed by atoms with E-state index >= 15 is 0 Å². The fourth-order valence-electron chi connectivity index (χ4n) is 2.18. The maximum Gasteiger partial charge on any atom is 0.433 e. The summed E-state index contributed by atoms with van der Waals surface area (Å²) in [5, 5.41) is 39.5. The van der Waals surface area contributed by atoms with E-state index in [4.69, 9.17) is 20.0 Å².